The van der Waals surface area contributed by atoms with Gasteiger partial charge in [-0.05, 0) is 58.7 Å². The number of amides is 1. The number of carbonyl (C=O) groups excluding carboxylic acids is 1. The lowest BCUT2D eigenvalue weighted by atomic mass is 10.1. The van der Waals surface area contributed by atoms with Crippen molar-refractivity contribution in [1.29, 1.82) is 0 Å². The molecule has 0 aromatic heterocycles. The SMILES string of the molecule is CCCCOc1cc(/C=C/C=C/C(=O)N(C(C)C)C(C)C)cc(OCC)c1OC. The highest BCUT2D eigenvalue weighted by molar-refractivity contribution is 5.88. The van der Waals surface area contributed by atoms with E-state index < -0.39 is 0 Å². The molecule has 0 N–H and O–H groups in total. The van der Waals surface area contributed by atoms with E-state index in [1.165, 1.54) is 0 Å². The van der Waals surface area contributed by atoms with Crippen LogP contribution in [0.2, 0.25) is 0 Å². The normalized spacial score (nSPS) is 11.6. The fourth-order valence-electron chi connectivity index (χ4n) is 3.09. The van der Waals surface area contributed by atoms with E-state index in [-0.39, 0.29) is 18.0 Å². The first kappa shape index (κ1) is 24.6. The van der Waals surface area contributed by atoms with Crippen LogP contribution < -0.4 is 14.2 Å². The molecule has 0 atom stereocenters. The molecular formula is C24H37NO4. The molecule has 162 valence electrons. The van der Waals surface area contributed by atoms with E-state index in [9.17, 15) is 4.79 Å². The summed E-state index contributed by atoms with van der Waals surface area (Å²) in [5.41, 5.74) is 0.919. The number of hydrogen-bond donors (Lipinski definition) is 0. The predicted molar refractivity (Wildman–Crippen MR) is 120 cm³/mol. The van der Waals surface area contributed by atoms with Crippen LogP contribution in [0.5, 0.6) is 17.2 Å². The van der Waals surface area contributed by atoms with E-state index in [1.54, 1.807) is 19.3 Å². The maximum absolute atomic E-state index is 12.4. The van der Waals surface area contributed by atoms with Crippen molar-refractivity contribution < 1.29 is 19.0 Å². The molecule has 1 aromatic carbocycles. The van der Waals surface area contributed by atoms with Gasteiger partial charge in [-0.2, -0.15) is 0 Å². The van der Waals surface area contributed by atoms with Crippen LogP contribution in [0.4, 0.5) is 0 Å². The van der Waals surface area contributed by atoms with Crippen LogP contribution in [0.3, 0.4) is 0 Å². The van der Waals surface area contributed by atoms with Crippen LogP contribution in [-0.4, -0.2) is 43.2 Å². The maximum atomic E-state index is 12.4. The van der Waals surface area contributed by atoms with Gasteiger partial charge < -0.3 is 19.1 Å². The smallest absolute Gasteiger partial charge is 0.247 e. The lowest BCUT2D eigenvalue weighted by molar-refractivity contribution is -0.129. The summed E-state index contributed by atoms with van der Waals surface area (Å²) in [7, 11) is 1.61. The van der Waals surface area contributed by atoms with Crippen molar-refractivity contribution in [1.82, 2.24) is 4.90 Å². The highest BCUT2D eigenvalue weighted by Crippen LogP contribution is 2.39. The monoisotopic (exact) mass is 403 g/mol. The minimum atomic E-state index is 0.00738. The molecule has 0 aliphatic heterocycles. The number of unbranched alkanes of at least 4 members (excludes halogenated alkanes) is 1. The van der Waals surface area contributed by atoms with E-state index in [2.05, 4.69) is 6.92 Å². The Balaban J connectivity index is 3.02. The van der Waals surface area contributed by atoms with Crippen LogP contribution in [0.1, 0.15) is 59.9 Å². The number of hydrogen-bond acceptors (Lipinski definition) is 4. The zero-order chi connectivity index (χ0) is 21.8. The topological polar surface area (TPSA) is 48.0 Å². The molecule has 0 aliphatic carbocycles. The second-order valence-electron chi connectivity index (χ2n) is 7.34. The maximum Gasteiger partial charge on any atom is 0.247 e. The van der Waals surface area contributed by atoms with Gasteiger partial charge in [0.2, 0.25) is 11.7 Å². The summed E-state index contributed by atoms with van der Waals surface area (Å²) < 4.78 is 17.1. The van der Waals surface area contributed by atoms with Crippen molar-refractivity contribution in [3.63, 3.8) is 0 Å². The number of carbonyl (C=O) groups is 1. The summed E-state index contributed by atoms with van der Waals surface area (Å²) in [5.74, 6) is 1.93. The average molecular weight is 404 g/mol. The number of rotatable bonds is 12. The summed E-state index contributed by atoms with van der Waals surface area (Å²) in [6.45, 7) is 13.3. The number of allylic oxidation sites excluding steroid dienone is 2. The third-order valence-corrected chi connectivity index (χ3v) is 4.31. The summed E-state index contributed by atoms with van der Waals surface area (Å²) in [6.07, 6.45) is 9.17. The van der Waals surface area contributed by atoms with Crippen LogP contribution in [0.25, 0.3) is 6.08 Å². The number of methoxy groups -OCH3 is 1. The first-order valence-electron chi connectivity index (χ1n) is 10.5. The molecule has 29 heavy (non-hydrogen) atoms. The molecule has 0 heterocycles. The summed E-state index contributed by atoms with van der Waals surface area (Å²) >= 11 is 0. The first-order valence-corrected chi connectivity index (χ1v) is 10.5. The van der Waals surface area contributed by atoms with E-state index >= 15 is 0 Å². The molecule has 5 nitrogen and oxygen atoms in total. The van der Waals surface area contributed by atoms with Crippen LogP contribution in [0.15, 0.2) is 30.4 Å². The molecule has 0 saturated heterocycles. The van der Waals surface area contributed by atoms with Crippen molar-refractivity contribution >= 4 is 12.0 Å². The van der Waals surface area contributed by atoms with Crippen molar-refractivity contribution in [2.24, 2.45) is 0 Å². The van der Waals surface area contributed by atoms with E-state index in [1.807, 2.05) is 63.8 Å². The van der Waals surface area contributed by atoms with Gasteiger partial charge in [0.15, 0.2) is 11.5 Å². The second-order valence-corrected chi connectivity index (χ2v) is 7.34. The van der Waals surface area contributed by atoms with Gasteiger partial charge in [-0.1, -0.05) is 31.6 Å². The van der Waals surface area contributed by atoms with Gasteiger partial charge in [-0.15, -0.1) is 0 Å². The molecule has 0 spiro atoms. The number of nitrogens with zero attached hydrogens (tertiary/aromatic N) is 1. The summed E-state index contributed by atoms with van der Waals surface area (Å²) in [4.78, 5) is 14.3. The molecule has 0 fully saturated rings. The van der Waals surface area contributed by atoms with Gasteiger partial charge in [0, 0.05) is 18.2 Å². The quantitative estimate of drug-likeness (QED) is 0.263. The van der Waals surface area contributed by atoms with E-state index in [0.717, 1.165) is 18.4 Å². The van der Waals surface area contributed by atoms with Crippen molar-refractivity contribution in [2.75, 3.05) is 20.3 Å². The third-order valence-electron chi connectivity index (χ3n) is 4.31. The Morgan fingerprint density at radius 1 is 1.03 bits per heavy atom. The van der Waals surface area contributed by atoms with Crippen molar-refractivity contribution in [3.05, 3.63) is 35.9 Å². The third kappa shape index (κ3) is 7.84. The first-order chi connectivity index (χ1) is 13.8. The van der Waals surface area contributed by atoms with E-state index in [0.29, 0.717) is 30.5 Å². The molecule has 0 saturated carbocycles. The zero-order valence-corrected chi connectivity index (χ0v) is 19.0. The van der Waals surface area contributed by atoms with Gasteiger partial charge in [-0.25, -0.2) is 0 Å². The van der Waals surface area contributed by atoms with Gasteiger partial charge in [0.1, 0.15) is 0 Å². The Morgan fingerprint density at radius 3 is 2.17 bits per heavy atom. The fourth-order valence-corrected chi connectivity index (χ4v) is 3.09. The minimum absolute atomic E-state index is 0.00738. The molecule has 5 heteroatoms. The summed E-state index contributed by atoms with van der Waals surface area (Å²) in [5, 5.41) is 0. The fraction of sp³-hybridized carbons (Fsp3) is 0.542. The van der Waals surface area contributed by atoms with Gasteiger partial charge in [0.05, 0.1) is 20.3 Å². The standard InChI is InChI=1S/C24H37NO4/c1-8-10-15-29-22-17-20(16-21(28-9-2)24(22)27-7)13-11-12-14-23(26)25(18(3)4)19(5)6/h11-14,16-19H,8-10,15H2,1-7H3/b13-11+,14-12+. The lowest BCUT2D eigenvalue weighted by Crippen LogP contribution is -2.41. The van der Waals surface area contributed by atoms with Crippen LogP contribution in [-0.2, 0) is 4.79 Å². The number of ether oxygens (including phenoxy) is 3. The Hall–Kier alpha value is -2.43. The Morgan fingerprint density at radius 2 is 1.66 bits per heavy atom. The highest BCUT2D eigenvalue weighted by atomic mass is 16.5. The second kappa shape index (κ2) is 12.9. The lowest BCUT2D eigenvalue weighted by Gasteiger charge is -2.29. The Labute approximate surface area is 176 Å². The number of benzene rings is 1. The van der Waals surface area contributed by atoms with Gasteiger partial charge in [0.25, 0.3) is 0 Å². The zero-order valence-electron chi connectivity index (χ0n) is 19.0. The van der Waals surface area contributed by atoms with Crippen LogP contribution in [0, 0.1) is 0 Å². The largest absolute Gasteiger partial charge is 0.490 e. The van der Waals surface area contributed by atoms with E-state index in [4.69, 9.17) is 14.2 Å². The average Bonchev–Trinajstić information content (AvgIpc) is 2.65. The van der Waals surface area contributed by atoms with Gasteiger partial charge >= 0.3 is 0 Å². The molecule has 1 rings (SSSR count). The molecular weight excluding hydrogens is 366 g/mol. The van der Waals surface area contributed by atoms with Crippen LogP contribution >= 0.6 is 0 Å². The molecule has 0 aliphatic rings. The van der Waals surface area contributed by atoms with Gasteiger partial charge in [-0.3, -0.25) is 4.79 Å². The molecule has 1 amide bonds. The highest BCUT2D eigenvalue weighted by Gasteiger charge is 2.17. The molecule has 1 aromatic rings. The molecule has 0 bridgehead atoms. The molecule has 0 radical (unpaired) electrons. The predicted octanol–water partition coefficient (Wildman–Crippen LogP) is 5.49. The Bertz CT molecular complexity index is 684. The summed E-state index contributed by atoms with van der Waals surface area (Å²) in [6, 6.07) is 4.16. The molecule has 0 unspecified atom stereocenters. The minimum Gasteiger partial charge on any atom is -0.490 e. The Kier molecular flexibility index (Phi) is 11.0. The van der Waals surface area contributed by atoms with Crippen molar-refractivity contribution in [3.8, 4) is 17.2 Å². The van der Waals surface area contributed by atoms with Crippen molar-refractivity contribution in [2.45, 2.75) is 66.5 Å².